The Bertz CT molecular complexity index is 518. The van der Waals surface area contributed by atoms with Crippen LogP contribution in [0.5, 0.6) is 5.75 Å². The highest BCUT2D eigenvalue weighted by Gasteiger charge is 1.92. The minimum Gasteiger partial charge on any atom is -0.497 e. The maximum atomic E-state index is 5.52. The van der Waals surface area contributed by atoms with Crippen LogP contribution in [0.1, 0.15) is 11.1 Å². The molecule has 0 spiro atoms. The van der Waals surface area contributed by atoms with Crippen LogP contribution in [0.4, 0.5) is 5.82 Å². The van der Waals surface area contributed by atoms with Crippen LogP contribution < -0.4 is 10.5 Å². The average molecular weight is 226 g/mol. The monoisotopic (exact) mass is 226 g/mol. The van der Waals surface area contributed by atoms with Gasteiger partial charge in [0.25, 0.3) is 0 Å². The molecule has 3 nitrogen and oxygen atoms in total. The van der Waals surface area contributed by atoms with Gasteiger partial charge >= 0.3 is 0 Å². The molecule has 3 heteroatoms. The molecule has 0 unspecified atom stereocenters. The predicted octanol–water partition coefficient (Wildman–Crippen LogP) is 2.84. The van der Waals surface area contributed by atoms with Crippen molar-refractivity contribution in [2.45, 2.75) is 0 Å². The fraction of sp³-hybridized carbons (Fsp3) is 0.0714. The number of hydrogen-bond acceptors (Lipinski definition) is 3. The van der Waals surface area contributed by atoms with Gasteiger partial charge < -0.3 is 10.5 Å². The second-order valence-corrected chi connectivity index (χ2v) is 3.63. The van der Waals surface area contributed by atoms with Gasteiger partial charge in [0.05, 0.1) is 7.11 Å². The third kappa shape index (κ3) is 3.08. The molecule has 2 aromatic rings. The molecule has 0 atom stereocenters. The molecule has 0 saturated carbocycles. The van der Waals surface area contributed by atoms with E-state index in [4.69, 9.17) is 10.5 Å². The van der Waals surface area contributed by atoms with Crippen LogP contribution in [0.25, 0.3) is 12.2 Å². The lowest BCUT2D eigenvalue weighted by atomic mass is 10.1. The van der Waals surface area contributed by atoms with E-state index in [2.05, 4.69) is 4.98 Å². The Hall–Kier alpha value is -2.29. The molecule has 0 amide bonds. The van der Waals surface area contributed by atoms with Gasteiger partial charge in [-0.1, -0.05) is 24.3 Å². The highest BCUT2D eigenvalue weighted by Crippen LogP contribution is 2.15. The molecular formula is C14H14N2O. The topological polar surface area (TPSA) is 48.1 Å². The lowest BCUT2D eigenvalue weighted by Gasteiger charge is -2.00. The molecule has 1 aromatic carbocycles. The first kappa shape index (κ1) is 11.2. The molecule has 0 radical (unpaired) electrons. The number of rotatable bonds is 3. The zero-order valence-corrected chi connectivity index (χ0v) is 9.63. The first-order valence-electron chi connectivity index (χ1n) is 5.31. The number of hydrogen-bond donors (Lipinski definition) is 1. The average Bonchev–Trinajstić information content (AvgIpc) is 2.38. The van der Waals surface area contributed by atoms with Crippen molar-refractivity contribution >= 4 is 18.0 Å². The third-order valence-corrected chi connectivity index (χ3v) is 2.37. The van der Waals surface area contributed by atoms with Gasteiger partial charge in [-0.2, -0.15) is 0 Å². The summed E-state index contributed by atoms with van der Waals surface area (Å²) >= 11 is 0. The normalized spacial score (nSPS) is 10.6. The van der Waals surface area contributed by atoms with Crippen LogP contribution in [0, 0.1) is 0 Å². The number of pyridine rings is 1. The first-order valence-corrected chi connectivity index (χ1v) is 5.31. The number of nitrogens with zero attached hydrogens (tertiary/aromatic N) is 1. The lowest BCUT2D eigenvalue weighted by Crippen LogP contribution is -1.88. The molecule has 1 heterocycles. The van der Waals surface area contributed by atoms with Crippen LogP contribution in [-0.4, -0.2) is 12.1 Å². The smallest absolute Gasteiger partial charge is 0.123 e. The van der Waals surface area contributed by atoms with Gasteiger partial charge in [0.1, 0.15) is 11.6 Å². The summed E-state index contributed by atoms with van der Waals surface area (Å²) in [5.41, 5.74) is 7.62. The third-order valence-electron chi connectivity index (χ3n) is 2.37. The van der Waals surface area contributed by atoms with Crippen LogP contribution >= 0.6 is 0 Å². The molecule has 0 fully saturated rings. The van der Waals surface area contributed by atoms with Crippen molar-refractivity contribution in [1.82, 2.24) is 4.98 Å². The summed E-state index contributed by atoms with van der Waals surface area (Å²) in [4.78, 5) is 4.03. The second-order valence-electron chi connectivity index (χ2n) is 3.63. The van der Waals surface area contributed by atoms with E-state index < -0.39 is 0 Å². The standard InChI is InChI=1S/C14H14N2O/c1-17-13-4-2-3-11(9-13)5-6-12-7-8-14(15)16-10-12/h2-10H,1H3,(H2,15,16)/b6-5+. The Morgan fingerprint density at radius 2 is 1.94 bits per heavy atom. The van der Waals surface area contributed by atoms with Crippen molar-refractivity contribution in [2.24, 2.45) is 0 Å². The largest absolute Gasteiger partial charge is 0.497 e. The summed E-state index contributed by atoms with van der Waals surface area (Å²) in [5.74, 6) is 1.38. The Morgan fingerprint density at radius 3 is 2.65 bits per heavy atom. The SMILES string of the molecule is COc1cccc(/C=C/c2ccc(N)nc2)c1. The number of anilines is 1. The van der Waals surface area contributed by atoms with Crippen molar-refractivity contribution < 1.29 is 4.74 Å². The Morgan fingerprint density at radius 1 is 1.12 bits per heavy atom. The molecule has 0 aliphatic carbocycles. The van der Waals surface area contributed by atoms with Gasteiger partial charge in [-0.25, -0.2) is 4.98 Å². The summed E-state index contributed by atoms with van der Waals surface area (Å²) in [7, 11) is 1.66. The fourth-order valence-electron chi connectivity index (χ4n) is 1.45. The number of nitrogens with two attached hydrogens (primary N) is 1. The summed E-state index contributed by atoms with van der Waals surface area (Å²) in [6.45, 7) is 0. The number of methoxy groups -OCH3 is 1. The van der Waals surface area contributed by atoms with E-state index in [0.717, 1.165) is 16.9 Å². The van der Waals surface area contributed by atoms with Crippen molar-refractivity contribution in [1.29, 1.82) is 0 Å². The Balaban J connectivity index is 2.16. The van der Waals surface area contributed by atoms with Gasteiger partial charge in [-0.3, -0.25) is 0 Å². The highest BCUT2D eigenvalue weighted by atomic mass is 16.5. The fourth-order valence-corrected chi connectivity index (χ4v) is 1.45. The highest BCUT2D eigenvalue weighted by molar-refractivity contribution is 5.70. The van der Waals surface area contributed by atoms with Crippen LogP contribution in [0.2, 0.25) is 0 Å². The molecule has 0 bridgehead atoms. The molecule has 86 valence electrons. The quantitative estimate of drug-likeness (QED) is 0.875. The molecule has 17 heavy (non-hydrogen) atoms. The minimum absolute atomic E-state index is 0.531. The van der Waals surface area contributed by atoms with E-state index in [-0.39, 0.29) is 0 Å². The zero-order valence-electron chi connectivity index (χ0n) is 9.63. The summed E-state index contributed by atoms with van der Waals surface area (Å²) in [5, 5.41) is 0. The van der Waals surface area contributed by atoms with Crippen LogP contribution in [0.15, 0.2) is 42.6 Å². The maximum absolute atomic E-state index is 5.52. The van der Waals surface area contributed by atoms with E-state index >= 15 is 0 Å². The van der Waals surface area contributed by atoms with Crippen molar-refractivity contribution in [3.8, 4) is 5.75 Å². The lowest BCUT2D eigenvalue weighted by molar-refractivity contribution is 0.414. The summed E-state index contributed by atoms with van der Waals surface area (Å²) < 4.78 is 5.16. The molecule has 0 saturated heterocycles. The van der Waals surface area contributed by atoms with Gasteiger partial charge in [-0.15, -0.1) is 0 Å². The number of ether oxygens (including phenoxy) is 1. The van der Waals surface area contributed by atoms with E-state index in [9.17, 15) is 0 Å². The molecular weight excluding hydrogens is 212 g/mol. The Kier molecular flexibility index (Phi) is 3.40. The molecule has 0 aliphatic heterocycles. The molecule has 2 N–H and O–H groups in total. The van der Waals surface area contributed by atoms with Crippen LogP contribution in [0.3, 0.4) is 0 Å². The maximum Gasteiger partial charge on any atom is 0.123 e. The number of nitrogen functional groups attached to an aromatic ring is 1. The van der Waals surface area contributed by atoms with E-state index in [1.54, 1.807) is 19.4 Å². The van der Waals surface area contributed by atoms with Crippen molar-refractivity contribution in [2.75, 3.05) is 12.8 Å². The van der Waals surface area contributed by atoms with E-state index in [1.807, 2.05) is 42.5 Å². The Labute approximate surface area is 101 Å². The zero-order chi connectivity index (χ0) is 12.1. The van der Waals surface area contributed by atoms with Crippen molar-refractivity contribution in [3.63, 3.8) is 0 Å². The van der Waals surface area contributed by atoms with Gasteiger partial charge in [-0.05, 0) is 35.4 Å². The van der Waals surface area contributed by atoms with Gasteiger partial charge in [0, 0.05) is 6.20 Å². The summed E-state index contributed by atoms with van der Waals surface area (Å²) in [6, 6.07) is 11.6. The van der Waals surface area contributed by atoms with E-state index in [0.29, 0.717) is 5.82 Å². The predicted molar refractivity (Wildman–Crippen MR) is 70.6 cm³/mol. The molecule has 2 rings (SSSR count). The van der Waals surface area contributed by atoms with Gasteiger partial charge in [0.2, 0.25) is 0 Å². The van der Waals surface area contributed by atoms with Crippen LogP contribution in [-0.2, 0) is 0 Å². The number of benzene rings is 1. The molecule has 1 aromatic heterocycles. The minimum atomic E-state index is 0.531. The van der Waals surface area contributed by atoms with E-state index in [1.165, 1.54) is 0 Å². The van der Waals surface area contributed by atoms with Crippen molar-refractivity contribution in [3.05, 3.63) is 53.7 Å². The first-order chi connectivity index (χ1) is 8.28. The summed E-state index contributed by atoms with van der Waals surface area (Å²) in [6.07, 6.45) is 5.74. The second kappa shape index (κ2) is 5.16. The molecule has 0 aliphatic rings. The van der Waals surface area contributed by atoms with Gasteiger partial charge in [0.15, 0.2) is 0 Å². The number of aromatic nitrogens is 1.